The van der Waals surface area contributed by atoms with Crippen LogP contribution in [0.2, 0.25) is 0 Å². The number of benzene rings is 1. The van der Waals surface area contributed by atoms with E-state index in [4.69, 9.17) is 20.2 Å². The van der Waals surface area contributed by atoms with Crippen LogP contribution in [0.5, 0.6) is 11.5 Å². The van der Waals surface area contributed by atoms with Crippen molar-refractivity contribution in [3.8, 4) is 11.5 Å². The molecule has 4 nitrogen and oxygen atoms in total. The summed E-state index contributed by atoms with van der Waals surface area (Å²) in [6, 6.07) is 1.73. The quantitative estimate of drug-likeness (QED) is 0.787. The maximum Gasteiger partial charge on any atom is 0.416 e. The SMILES string of the molecule is O=S(=O)(Cl)Cc1cc2c(cc1C(F)(F)F)OCCO2. The van der Waals surface area contributed by atoms with Gasteiger partial charge in [-0.25, -0.2) is 8.42 Å². The van der Waals surface area contributed by atoms with Crippen molar-refractivity contribution in [3.63, 3.8) is 0 Å². The van der Waals surface area contributed by atoms with Gasteiger partial charge in [-0.2, -0.15) is 13.2 Å². The van der Waals surface area contributed by atoms with Crippen LogP contribution in [-0.2, 0) is 21.0 Å². The van der Waals surface area contributed by atoms with Crippen LogP contribution in [0.15, 0.2) is 12.1 Å². The molecule has 0 N–H and O–H groups in total. The molecule has 2 rings (SSSR count). The molecule has 1 aromatic rings. The molecule has 0 aliphatic carbocycles. The Kier molecular flexibility index (Phi) is 3.57. The minimum Gasteiger partial charge on any atom is -0.486 e. The molecule has 0 amide bonds. The van der Waals surface area contributed by atoms with E-state index < -0.39 is 32.1 Å². The van der Waals surface area contributed by atoms with Crippen LogP contribution in [0, 0.1) is 0 Å². The summed E-state index contributed by atoms with van der Waals surface area (Å²) < 4.78 is 70.7. The average Bonchev–Trinajstić information content (AvgIpc) is 2.24. The molecule has 0 aromatic heterocycles. The number of fused-ring (bicyclic) bond motifs is 1. The molecule has 19 heavy (non-hydrogen) atoms. The second kappa shape index (κ2) is 4.75. The largest absolute Gasteiger partial charge is 0.486 e. The Hall–Kier alpha value is -1.15. The molecule has 0 saturated heterocycles. The van der Waals surface area contributed by atoms with Gasteiger partial charge in [0, 0.05) is 10.7 Å². The number of ether oxygens (including phenoxy) is 2. The van der Waals surface area contributed by atoms with E-state index in [-0.39, 0.29) is 24.7 Å². The average molecular weight is 317 g/mol. The molecule has 1 aliphatic rings. The summed E-state index contributed by atoms with van der Waals surface area (Å²) in [6.45, 7) is 0.322. The van der Waals surface area contributed by atoms with Crippen molar-refractivity contribution in [2.45, 2.75) is 11.9 Å². The second-order valence-electron chi connectivity index (χ2n) is 3.83. The van der Waals surface area contributed by atoms with Gasteiger partial charge >= 0.3 is 6.18 Å². The number of halogens is 4. The minimum atomic E-state index is -4.70. The van der Waals surface area contributed by atoms with Crippen LogP contribution in [-0.4, -0.2) is 21.6 Å². The first-order valence-corrected chi connectivity index (χ1v) is 7.57. The van der Waals surface area contributed by atoms with Gasteiger partial charge in [0.1, 0.15) is 13.2 Å². The van der Waals surface area contributed by atoms with Crippen molar-refractivity contribution in [2.24, 2.45) is 0 Å². The van der Waals surface area contributed by atoms with Crippen molar-refractivity contribution < 1.29 is 31.1 Å². The van der Waals surface area contributed by atoms with Gasteiger partial charge < -0.3 is 9.47 Å². The lowest BCUT2D eigenvalue weighted by atomic mass is 10.1. The van der Waals surface area contributed by atoms with Gasteiger partial charge in [-0.05, 0) is 17.7 Å². The highest BCUT2D eigenvalue weighted by Gasteiger charge is 2.36. The molecular weight excluding hydrogens is 309 g/mol. The zero-order valence-corrected chi connectivity index (χ0v) is 10.9. The van der Waals surface area contributed by atoms with Gasteiger partial charge in [-0.3, -0.25) is 0 Å². The fourth-order valence-corrected chi connectivity index (χ4v) is 2.66. The highest BCUT2D eigenvalue weighted by atomic mass is 35.7. The first-order chi connectivity index (χ1) is 8.67. The molecule has 0 atom stereocenters. The molecule has 1 aliphatic heterocycles. The number of hydrogen-bond acceptors (Lipinski definition) is 4. The molecule has 0 spiro atoms. The third kappa shape index (κ3) is 3.44. The Balaban J connectivity index is 2.55. The molecule has 9 heteroatoms. The zero-order chi connectivity index (χ0) is 14.3. The molecule has 0 fully saturated rings. The van der Waals surface area contributed by atoms with Crippen molar-refractivity contribution in [3.05, 3.63) is 23.3 Å². The summed E-state index contributed by atoms with van der Waals surface area (Å²) in [6.07, 6.45) is -4.70. The lowest BCUT2D eigenvalue weighted by molar-refractivity contribution is -0.138. The predicted molar refractivity (Wildman–Crippen MR) is 60.9 cm³/mol. The van der Waals surface area contributed by atoms with Crippen LogP contribution in [0.3, 0.4) is 0 Å². The fraction of sp³-hybridized carbons (Fsp3) is 0.400. The predicted octanol–water partition coefficient (Wildman–Crippen LogP) is 2.55. The van der Waals surface area contributed by atoms with E-state index in [9.17, 15) is 21.6 Å². The Bertz CT molecular complexity index is 598. The molecule has 0 radical (unpaired) electrons. The van der Waals surface area contributed by atoms with E-state index in [2.05, 4.69) is 0 Å². The van der Waals surface area contributed by atoms with Gasteiger partial charge in [0.15, 0.2) is 11.5 Å². The summed E-state index contributed by atoms with van der Waals surface area (Å²) in [5, 5.41) is 0. The van der Waals surface area contributed by atoms with Gasteiger partial charge in [-0.1, -0.05) is 0 Å². The van der Waals surface area contributed by atoms with Crippen LogP contribution >= 0.6 is 10.7 Å². The highest BCUT2D eigenvalue weighted by Crippen LogP contribution is 2.41. The van der Waals surface area contributed by atoms with Crippen LogP contribution < -0.4 is 9.47 Å². The first-order valence-electron chi connectivity index (χ1n) is 5.09. The van der Waals surface area contributed by atoms with Crippen molar-refractivity contribution in [1.82, 2.24) is 0 Å². The molecule has 106 valence electrons. The van der Waals surface area contributed by atoms with Gasteiger partial charge in [-0.15, -0.1) is 0 Å². The van der Waals surface area contributed by atoms with Crippen LogP contribution in [0.25, 0.3) is 0 Å². The summed E-state index contributed by atoms with van der Waals surface area (Å²) in [5.41, 5.74) is -1.56. The summed E-state index contributed by atoms with van der Waals surface area (Å²) >= 11 is 0. The van der Waals surface area contributed by atoms with E-state index in [0.717, 1.165) is 12.1 Å². The Morgan fingerprint density at radius 3 is 2.16 bits per heavy atom. The Labute approximate surface area is 111 Å². The molecule has 1 aromatic carbocycles. The normalized spacial score (nSPS) is 15.4. The van der Waals surface area contributed by atoms with E-state index in [1.54, 1.807) is 0 Å². The van der Waals surface area contributed by atoms with Gasteiger partial charge in [0.2, 0.25) is 9.05 Å². The second-order valence-corrected chi connectivity index (χ2v) is 6.61. The van der Waals surface area contributed by atoms with Crippen molar-refractivity contribution in [1.29, 1.82) is 0 Å². The molecular formula is C10H8ClF3O4S. The van der Waals surface area contributed by atoms with Gasteiger partial charge in [0.05, 0.1) is 11.3 Å². The fourth-order valence-electron chi connectivity index (χ4n) is 1.70. The molecule has 1 heterocycles. The lowest BCUT2D eigenvalue weighted by Crippen LogP contribution is -2.18. The van der Waals surface area contributed by atoms with E-state index in [0.29, 0.717) is 0 Å². The maximum absolute atomic E-state index is 12.9. The topological polar surface area (TPSA) is 52.6 Å². The third-order valence-electron chi connectivity index (χ3n) is 2.40. The number of alkyl halides is 3. The number of hydrogen-bond donors (Lipinski definition) is 0. The van der Waals surface area contributed by atoms with Gasteiger partial charge in [0.25, 0.3) is 0 Å². The third-order valence-corrected chi connectivity index (χ3v) is 3.38. The molecule has 0 saturated carbocycles. The summed E-state index contributed by atoms with van der Waals surface area (Å²) in [5.74, 6) is -0.913. The summed E-state index contributed by atoms with van der Waals surface area (Å²) in [4.78, 5) is 0. The number of rotatable bonds is 2. The minimum absolute atomic E-state index is 0.0608. The van der Waals surface area contributed by atoms with Crippen LogP contribution in [0.1, 0.15) is 11.1 Å². The lowest BCUT2D eigenvalue weighted by Gasteiger charge is -2.21. The monoisotopic (exact) mass is 316 g/mol. The molecule has 0 unspecified atom stereocenters. The van der Waals surface area contributed by atoms with E-state index in [1.807, 2.05) is 0 Å². The van der Waals surface area contributed by atoms with Crippen molar-refractivity contribution in [2.75, 3.05) is 13.2 Å². The standard InChI is InChI=1S/C10H8ClF3O4S/c11-19(15,16)5-6-3-8-9(18-2-1-17-8)4-7(6)10(12,13)14/h3-4H,1-2,5H2. The Morgan fingerprint density at radius 2 is 1.68 bits per heavy atom. The first kappa shape index (κ1) is 14.3. The smallest absolute Gasteiger partial charge is 0.416 e. The van der Waals surface area contributed by atoms with E-state index >= 15 is 0 Å². The maximum atomic E-state index is 12.9. The molecule has 0 bridgehead atoms. The summed E-state index contributed by atoms with van der Waals surface area (Å²) in [7, 11) is 0.895. The van der Waals surface area contributed by atoms with Crippen LogP contribution in [0.4, 0.5) is 13.2 Å². The van der Waals surface area contributed by atoms with Crippen molar-refractivity contribution >= 4 is 19.7 Å². The Morgan fingerprint density at radius 1 is 1.16 bits per heavy atom. The van der Waals surface area contributed by atoms with E-state index in [1.165, 1.54) is 0 Å². The zero-order valence-electron chi connectivity index (χ0n) is 9.33. The highest BCUT2D eigenvalue weighted by molar-refractivity contribution is 8.13.